The number of hydrogen-bond acceptors (Lipinski definition) is 3. The van der Waals surface area contributed by atoms with E-state index in [0.29, 0.717) is 12.2 Å². The lowest BCUT2D eigenvalue weighted by Crippen LogP contribution is -2.05. The molecule has 0 amide bonds. The summed E-state index contributed by atoms with van der Waals surface area (Å²) in [6.45, 7) is 0. The van der Waals surface area contributed by atoms with E-state index in [4.69, 9.17) is 0 Å². The molecule has 1 aromatic heterocycles. The van der Waals surface area contributed by atoms with Crippen LogP contribution in [0.25, 0.3) is 0 Å². The van der Waals surface area contributed by atoms with Gasteiger partial charge < -0.3 is 0 Å². The zero-order valence-corrected chi connectivity index (χ0v) is 10.5. The van der Waals surface area contributed by atoms with E-state index >= 15 is 0 Å². The highest BCUT2D eigenvalue weighted by atomic mass is 32.2. The summed E-state index contributed by atoms with van der Waals surface area (Å²) in [7, 11) is 0. The summed E-state index contributed by atoms with van der Waals surface area (Å²) in [4.78, 5) is 16.5. The summed E-state index contributed by atoms with van der Waals surface area (Å²) in [5.41, 5.74) is 0.967. The minimum absolute atomic E-state index is 0.149. The van der Waals surface area contributed by atoms with Crippen molar-refractivity contribution in [2.45, 2.75) is 11.3 Å². The monoisotopic (exact) mass is 261 g/mol. The second-order valence-electron chi connectivity index (χ2n) is 3.81. The van der Waals surface area contributed by atoms with Crippen LogP contribution >= 0.6 is 11.8 Å². The van der Waals surface area contributed by atoms with Crippen LogP contribution in [0.5, 0.6) is 0 Å². The van der Waals surface area contributed by atoms with E-state index in [1.807, 2.05) is 12.1 Å². The minimum atomic E-state index is -0.262. The van der Waals surface area contributed by atoms with Gasteiger partial charge in [0.25, 0.3) is 0 Å². The fourth-order valence-corrected chi connectivity index (χ4v) is 2.23. The smallest absolute Gasteiger partial charge is 0.147 e. The quantitative estimate of drug-likeness (QED) is 0.775. The van der Waals surface area contributed by atoms with Gasteiger partial charge in [-0.05, 0) is 42.0 Å². The standard InChI is InChI=1S/C14H12FNOS/c15-12-1-3-14(4-2-12)18-10-13(17)9-11-5-7-16-8-6-11/h1-8H,9-10H2. The van der Waals surface area contributed by atoms with Crippen molar-refractivity contribution in [3.05, 3.63) is 60.2 Å². The van der Waals surface area contributed by atoms with Gasteiger partial charge in [0.15, 0.2) is 0 Å². The molecule has 0 bridgehead atoms. The second-order valence-corrected chi connectivity index (χ2v) is 4.86. The van der Waals surface area contributed by atoms with Gasteiger partial charge in [0, 0.05) is 23.7 Å². The maximum atomic E-state index is 12.7. The van der Waals surface area contributed by atoms with Crippen molar-refractivity contribution in [1.82, 2.24) is 4.98 Å². The zero-order chi connectivity index (χ0) is 12.8. The number of rotatable bonds is 5. The highest BCUT2D eigenvalue weighted by Crippen LogP contribution is 2.18. The molecule has 2 aromatic rings. The van der Waals surface area contributed by atoms with E-state index < -0.39 is 0 Å². The summed E-state index contributed by atoms with van der Waals surface area (Å²) in [6.07, 6.45) is 3.77. The van der Waals surface area contributed by atoms with Crippen molar-refractivity contribution in [2.24, 2.45) is 0 Å². The molecule has 2 nitrogen and oxygen atoms in total. The summed E-state index contributed by atoms with van der Waals surface area (Å²) >= 11 is 1.42. The van der Waals surface area contributed by atoms with Crippen LogP contribution in [0, 0.1) is 5.82 Å². The molecule has 0 radical (unpaired) electrons. The maximum absolute atomic E-state index is 12.7. The van der Waals surface area contributed by atoms with Crippen molar-refractivity contribution in [1.29, 1.82) is 0 Å². The molecule has 0 saturated heterocycles. The Morgan fingerprint density at radius 1 is 1.11 bits per heavy atom. The van der Waals surface area contributed by atoms with Crippen LogP contribution in [0.1, 0.15) is 5.56 Å². The van der Waals surface area contributed by atoms with Gasteiger partial charge in [-0.25, -0.2) is 4.39 Å². The number of Topliss-reactive ketones (excluding diaryl/α,β-unsaturated/α-hetero) is 1. The first kappa shape index (κ1) is 12.8. The van der Waals surface area contributed by atoms with Crippen LogP contribution in [-0.4, -0.2) is 16.5 Å². The maximum Gasteiger partial charge on any atom is 0.147 e. The average Bonchev–Trinajstić information content (AvgIpc) is 2.39. The molecule has 0 spiro atoms. The Hall–Kier alpha value is -1.68. The third kappa shape index (κ3) is 3.96. The normalized spacial score (nSPS) is 10.3. The molecule has 0 N–H and O–H groups in total. The van der Waals surface area contributed by atoms with Crippen LogP contribution in [0.15, 0.2) is 53.7 Å². The number of pyridine rings is 1. The van der Waals surface area contributed by atoms with Crippen molar-refractivity contribution in [3.63, 3.8) is 0 Å². The third-order valence-corrected chi connectivity index (χ3v) is 3.44. The van der Waals surface area contributed by atoms with Crippen molar-refractivity contribution < 1.29 is 9.18 Å². The van der Waals surface area contributed by atoms with E-state index in [0.717, 1.165) is 10.5 Å². The predicted octanol–water partition coefficient (Wildman–Crippen LogP) is 3.12. The SMILES string of the molecule is O=C(CSc1ccc(F)cc1)Cc1ccncc1. The molecule has 1 aromatic carbocycles. The first-order chi connectivity index (χ1) is 8.74. The van der Waals surface area contributed by atoms with Crippen LogP contribution in [0.4, 0.5) is 4.39 Å². The number of carbonyl (C=O) groups is 1. The Balaban J connectivity index is 1.83. The molecule has 18 heavy (non-hydrogen) atoms. The summed E-state index contributed by atoms with van der Waals surface area (Å²) < 4.78 is 12.7. The number of ketones is 1. The van der Waals surface area contributed by atoms with E-state index in [2.05, 4.69) is 4.98 Å². The van der Waals surface area contributed by atoms with Crippen molar-refractivity contribution >= 4 is 17.5 Å². The Bertz CT molecular complexity index is 513. The Kier molecular flexibility index (Phi) is 4.47. The first-order valence-corrected chi connectivity index (χ1v) is 6.51. The van der Waals surface area contributed by atoms with Gasteiger partial charge in [-0.2, -0.15) is 0 Å². The number of benzene rings is 1. The molecule has 0 fully saturated rings. The minimum Gasteiger partial charge on any atom is -0.298 e. The third-order valence-electron chi connectivity index (χ3n) is 2.36. The lowest BCUT2D eigenvalue weighted by Gasteiger charge is -2.02. The van der Waals surface area contributed by atoms with Gasteiger partial charge in [0.05, 0.1) is 5.75 Å². The molecular formula is C14H12FNOS. The summed E-state index contributed by atoms with van der Waals surface area (Å²) in [5.74, 6) is 0.284. The van der Waals surface area contributed by atoms with Gasteiger partial charge in [-0.1, -0.05) is 0 Å². The van der Waals surface area contributed by atoms with E-state index in [1.165, 1.54) is 23.9 Å². The lowest BCUT2D eigenvalue weighted by atomic mass is 10.1. The highest BCUT2D eigenvalue weighted by Gasteiger charge is 2.04. The summed E-state index contributed by atoms with van der Waals surface area (Å²) in [6, 6.07) is 9.83. The van der Waals surface area contributed by atoms with E-state index in [1.54, 1.807) is 24.5 Å². The number of nitrogens with zero attached hydrogens (tertiary/aromatic N) is 1. The van der Waals surface area contributed by atoms with Crippen molar-refractivity contribution in [3.8, 4) is 0 Å². The van der Waals surface area contributed by atoms with E-state index in [9.17, 15) is 9.18 Å². The van der Waals surface area contributed by atoms with Gasteiger partial charge in [-0.3, -0.25) is 9.78 Å². The van der Waals surface area contributed by atoms with Crippen LogP contribution in [0.2, 0.25) is 0 Å². The zero-order valence-electron chi connectivity index (χ0n) is 9.67. The van der Waals surface area contributed by atoms with Crippen LogP contribution in [-0.2, 0) is 11.2 Å². The number of aromatic nitrogens is 1. The topological polar surface area (TPSA) is 30.0 Å². The molecule has 4 heteroatoms. The fraction of sp³-hybridized carbons (Fsp3) is 0.143. The van der Waals surface area contributed by atoms with E-state index in [-0.39, 0.29) is 11.6 Å². The molecule has 92 valence electrons. The molecule has 0 aliphatic rings. The molecule has 0 aliphatic carbocycles. The number of halogens is 1. The van der Waals surface area contributed by atoms with Gasteiger partial charge in [0.1, 0.15) is 11.6 Å². The van der Waals surface area contributed by atoms with Gasteiger partial charge >= 0.3 is 0 Å². The molecule has 0 atom stereocenters. The first-order valence-electron chi connectivity index (χ1n) is 5.53. The Morgan fingerprint density at radius 3 is 2.44 bits per heavy atom. The molecular weight excluding hydrogens is 249 g/mol. The second kappa shape index (κ2) is 6.31. The Morgan fingerprint density at radius 2 is 1.78 bits per heavy atom. The molecule has 1 heterocycles. The van der Waals surface area contributed by atoms with Gasteiger partial charge in [0.2, 0.25) is 0 Å². The molecule has 0 unspecified atom stereocenters. The fourth-order valence-electron chi connectivity index (χ4n) is 1.47. The van der Waals surface area contributed by atoms with Crippen LogP contribution < -0.4 is 0 Å². The average molecular weight is 261 g/mol. The van der Waals surface area contributed by atoms with Crippen LogP contribution in [0.3, 0.4) is 0 Å². The highest BCUT2D eigenvalue weighted by molar-refractivity contribution is 8.00. The molecule has 2 rings (SSSR count). The largest absolute Gasteiger partial charge is 0.298 e. The number of thioether (sulfide) groups is 1. The van der Waals surface area contributed by atoms with Gasteiger partial charge in [-0.15, -0.1) is 11.8 Å². The molecule has 0 aliphatic heterocycles. The lowest BCUT2D eigenvalue weighted by molar-refractivity contribution is -0.116. The molecule has 0 saturated carbocycles. The van der Waals surface area contributed by atoms with Crippen molar-refractivity contribution in [2.75, 3.05) is 5.75 Å². The Labute approximate surface area is 109 Å². The number of hydrogen-bond donors (Lipinski definition) is 0. The summed E-state index contributed by atoms with van der Waals surface area (Å²) in [5, 5.41) is 0. The number of carbonyl (C=O) groups excluding carboxylic acids is 1. The predicted molar refractivity (Wildman–Crippen MR) is 70.1 cm³/mol.